The summed E-state index contributed by atoms with van der Waals surface area (Å²) in [5.74, 6) is 0. The molecule has 3 aliphatic rings. The van der Waals surface area contributed by atoms with Crippen LogP contribution in [0.25, 0.3) is 176 Å². The minimum absolute atomic E-state index is 0.109. The largest absolute Gasteiger partial charge is 0.0619 e. The van der Waals surface area contributed by atoms with Gasteiger partial charge in [0.05, 0.1) is 0 Å². The van der Waals surface area contributed by atoms with Crippen molar-refractivity contribution >= 4 is 64.6 Å². The molecule has 17 aromatic carbocycles. The highest BCUT2D eigenvalue weighted by Gasteiger charge is 2.40. The monoisotopic (exact) mass is 1270 g/mol. The Morgan fingerprint density at radius 1 is 0.160 bits per heavy atom. The minimum Gasteiger partial charge on any atom is -0.0619 e. The van der Waals surface area contributed by atoms with Gasteiger partial charge in [0.25, 0.3) is 0 Å². The predicted octanol–water partition coefficient (Wildman–Crippen LogP) is 27.5. The lowest BCUT2D eigenvalue weighted by atomic mass is 9.78. The van der Waals surface area contributed by atoms with Gasteiger partial charge in [-0.1, -0.05) is 326 Å². The smallest absolute Gasteiger partial charge is 0.0159 e. The Morgan fingerprint density at radius 3 is 0.670 bits per heavy atom. The molecule has 0 unspecified atom stereocenters. The molecule has 0 aliphatic heterocycles. The van der Waals surface area contributed by atoms with Crippen LogP contribution in [0.4, 0.5) is 0 Å². The molecule has 472 valence electrons. The van der Waals surface area contributed by atoms with Gasteiger partial charge >= 0.3 is 0 Å². The van der Waals surface area contributed by atoms with Crippen molar-refractivity contribution in [2.75, 3.05) is 0 Å². The third-order valence-electron chi connectivity index (χ3n) is 23.7. The summed E-state index contributed by atoms with van der Waals surface area (Å²) in [4.78, 5) is 0. The lowest BCUT2D eigenvalue weighted by Crippen LogP contribution is -2.15. The van der Waals surface area contributed by atoms with E-state index >= 15 is 0 Å². The van der Waals surface area contributed by atoms with Gasteiger partial charge in [-0.2, -0.15) is 0 Å². The SMILES string of the molecule is Cc1ccc(-c2ccc(-c3c4ccccc4c(-c4ccc5c(c4)C(C)(C)c4cc(-c6ccc7c(c6)C(C)(C)c6cc(-c8c9ccccc9c(-c9c%10ccccc%10c(-c%10ccc%11c(c%10)C(C)(C)c%10ccccc%10-%11)c%10ccccc9%10)c9ccccc89)ccc6-7)ccc4-5)c4ccccc34)cc2)cc1. The fourth-order valence-electron chi connectivity index (χ4n) is 18.7. The summed E-state index contributed by atoms with van der Waals surface area (Å²) in [5.41, 5.74) is 34.6. The van der Waals surface area contributed by atoms with E-state index in [9.17, 15) is 0 Å². The molecule has 0 atom stereocenters. The van der Waals surface area contributed by atoms with Crippen molar-refractivity contribution in [2.45, 2.75) is 64.7 Å². The molecule has 0 amide bonds. The Balaban J connectivity index is 0.654. The lowest BCUT2D eigenvalue weighted by Gasteiger charge is -2.25. The molecule has 100 heavy (non-hydrogen) atoms. The van der Waals surface area contributed by atoms with E-state index < -0.39 is 0 Å². The number of fused-ring (bicyclic) bond motifs is 15. The van der Waals surface area contributed by atoms with Crippen LogP contribution >= 0.6 is 0 Å². The standard InChI is InChI=1S/C100H72/c1-59-36-38-60(39-37-59)61-40-42-62(43-41-61)92-74-23-8-10-25-76(74)93(77-26-11-9-24-75(77)92)66-47-52-72-70-49-44-63(54-87(70)99(4,5)90(72)57-66)64-45-50-71-73-53-48-67(58-91(73)100(6,7)88(71)55-64)95-80-29-14-18-33-84(80)97(85-34-19-15-30-81(85)95)96-82-31-16-12-27-78(82)94(79-28-13-17-32-83(79)96)65-46-51-69-68-22-20-21-35-86(68)98(2,3)89(69)56-65/h8-58H,1-7H3. The molecular formula is C100H72. The molecule has 0 saturated heterocycles. The quantitative estimate of drug-likeness (QED) is 0.140. The first-order chi connectivity index (χ1) is 48.8. The highest BCUT2D eigenvalue weighted by molar-refractivity contribution is 6.30. The zero-order valence-electron chi connectivity index (χ0n) is 57.4. The first-order valence-electron chi connectivity index (χ1n) is 35.6. The average Bonchev–Trinajstić information content (AvgIpc) is 0.987. The molecular weight excluding hydrogens is 1200 g/mol. The van der Waals surface area contributed by atoms with Crippen LogP contribution in [0, 0.1) is 6.92 Å². The summed E-state index contributed by atoms with van der Waals surface area (Å²) in [6, 6.07) is 118. The van der Waals surface area contributed by atoms with Crippen molar-refractivity contribution in [3.63, 3.8) is 0 Å². The third-order valence-corrected chi connectivity index (χ3v) is 23.7. The van der Waals surface area contributed by atoms with Crippen molar-refractivity contribution in [1.29, 1.82) is 0 Å². The van der Waals surface area contributed by atoms with Crippen LogP contribution in [0.3, 0.4) is 0 Å². The Labute approximate surface area is 585 Å². The van der Waals surface area contributed by atoms with Gasteiger partial charge in [0.1, 0.15) is 0 Å². The maximum absolute atomic E-state index is 2.54. The molecule has 0 heteroatoms. The Hall–Kier alpha value is -11.7. The number of rotatable bonds is 7. The average molecular weight is 1270 g/mol. The third kappa shape index (κ3) is 8.35. The van der Waals surface area contributed by atoms with Crippen LogP contribution in [0.5, 0.6) is 0 Å². The zero-order valence-corrected chi connectivity index (χ0v) is 57.4. The van der Waals surface area contributed by atoms with Crippen molar-refractivity contribution < 1.29 is 0 Å². The normalized spacial score (nSPS) is 14.2. The van der Waals surface area contributed by atoms with E-state index in [-0.39, 0.29) is 16.2 Å². The maximum Gasteiger partial charge on any atom is 0.0159 e. The molecule has 0 radical (unpaired) electrons. The molecule has 0 saturated carbocycles. The predicted molar refractivity (Wildman–Crippen MR) is 427 cm³/mol. The number of hydrogen-bond acceptors (Lipinski definition) is 0. The van der Waals surface area contributed by atoms with Gasteiger partial charge in [0, 0.05) is 16.2 Å². The molecule has 0 nitrogen and oxygen atoms in total. The Morgan fingerprint density at radius 2 is 0.360 bits per heavy atom. The van der Waals surface area contributed by atoms with E-state index in [0.29, 0.717) is 0 Å². The molecule has 3 aliphatic carbocycles. The molecule has 0 heterocycles. The number of aryl methyl sites for hydroxylation is 1. The van der Waals surface area contributed by atoms with E-state index in [4.69, 9.17) is 0 Å². The second-order valence-corrected chi connectivity index (χ2v) is 30.2. The van der Waals surface area contributed by atoms with E-state index in [1.165, 1.54) is 215 Å². The molecule has 0 aromatic heterocycles. The highest BCUT2D eigenvalue weighted by Crippen LogP contribution is 2.58. The lowest BCUT2D eigenvalue weighted by molar-refractivity contribution is 0.660. The molecule has 0 N–H and O–H groups in total. The van der Waals surface area contributed by atoms with Crippen LogP contribution in [0.2, 0.25) is 0 Å². The first-order valence-corrected chi connectivity index (χ1v) is 35.6. The second-order valence-electron chi connectivity index (χ2n) is 30.2. The molecule has 0 bridgehead atoms. The minimum atomic E-state index is -0.262. The van der Waals surface area contributed by atoms with Crippen molar-refractivity contribution in [2.24, 2.45) is 0 Å². The summed E-state index contributed by atoms with van der Waals surface area (Å²) in [6.07, 6.45) is 0. The number of hydrogen-bond donors (Lipinski definition) is 0. The van der Waals surface area contributed by atoms with Gasteiger partial charge < -0.3 is 0 Å². The van der Waals surface area contributed by atoms with Crippen LogP contribution in [-0.2, 0) is 16.2 Å². The second kappa shape index (κ2) is 21.4. The van der Waals surface area contributed by atoms with Crippen molar-refractivity contribution in [1.82, 2.24) is 0 Å². The van der Waals surface area contributed by atoms with Gasteiger partial charge in [-0.3, -0.25) is 0 Å². The Bertz CT molecular complexity index is 6230. The van der Waals surface area contributed by atoms with Crippen molar-refractivity contribution in [3.05, 3.63) is 348 Å². The number of benzene rings is 17. The van der Waals surface area contributed by atoms with Crippen LogP contribution in [-0.4, -0.2) is 0 Å². The van der Waals surface area contributed by atoms with E-state index in [0.717, 1.165) is 0 Å². The summed E-state index contributed by atoms with van der Waals surface area (Å²) in [6.45, 7) is 16.7. The van der Waals surface area contributed by atoms with Crippen LogP contribution < -0.4 is 0 Å². The van der Waals surface area contributed by atoms with E-state index in [1.54, 1.807) is 0 Å². The fraction of sp³-hybridized carbons (Fsp3) is 0.100. The molecule has 0 fully saturated rings. The highest BCUT2D eigenvalue weighted by atomic mass is 14.4. The van der Waals surface area contributed by atoms with Gasteiger partial charge in [-0.25, -0.2) is 0 Å². The topological polar surface area (TPSA) is 0 Å². The fourth-order valence-corrected chi connectivity index (χ4v) is 18.7. The van der Waals surface area contributed by atoms with Crippen LogP contribution in [0.15, 0.2) is 309 Å². The summed E-state index contributed by atoms with van der Waals surface area (Å²) >= 11 is 0. The van der Waals surface area contributed by atoms with Gasteiger partial charge in [0.2, 0.25) is 0 Å². The maximum atomic E-state index is 2.54. The first kappa shape index (κ1) is 58.5. The summed E-state index contributed by atoms with van der Waals surface area (Å²) in [5, 5.41) is 15.2. The van der Waals surface area contributed by atoms with Gasteiger partial charge in [0.15, 0.2) is 0 Å². The van der Waals surface area contributed by atoms with Gasteiger partial charge in [-0.15, -0.1) is 0 Å². The summed E-state index contributed by atoms with van der Waals surface area (Å²) < 4.78 is 0. The van der Waals surface area contributed by atoms with Crippen LogP contribution in [0.1, 0.15) is 80.5 Å². The van der Waals surface area contributed by atoms with E-state index in [2.05, 4.69) is 358 Å². The zero-order chi connectivity index (χ0) is 67.1. The van der Waals surface area contributed by atoms with E-state index in [1.807, 2.05) is 0 Å². The Kier molecular flexibility index (Phi) is 12.5. The molecule has 17 aromatic rings. The van der Waals surface area contributed by atoms with Gasteiger partial charge in [-0.05, 0) is 247 Å². The molecule has 0 spiro atoms. The van der Waals surface area contributed by atoms with Crippen molar-refractivity contribution in [3.8, 4) is 111 Å². The molecule has 20 rings (SSSR count). The summed E-state index contributed by atoms with van der Waals surface area (Å²) in [7, 11) is 0.